The minimum Gasteiger partial charge on any atom is -0.492 e. The molecule has 1 aliphatic heterocycles. The molecular weight excluding hydrogens is 306 g/mol. The molecule has 128 valence electrons. The maximum atomic E-state index is 12.0. The van der Waals surface area contributed by atoms with Crippen molar-refractivity contribution in [3.8, 4) is 5.75 Å². The van der Waals surface area contributed by atoms with Gasteiger partial charge < -0.3 is 14.6 Å². The Morgan fingerprint density at radius 1 is 1.42 bits per heavy atom. The van der Waals surface area contributed by atoms with Crippen molar-refractivity contribution in [3.63, 3.8) is 0 Å². The number of hydrogen-bond acceptors (Lipinski definition) is 5. The van der Waals surface area contributed by atoms with E-state index in [1.54, 1.807) is 13.0 Å². The Hall–Kier alpha value is -2.34. The minimum absolute atomic E-state index is 0.202. The molecule has 1 atom stereocenters. The summed E-state index contributed by atoms with van der Waals surface area (Å²) in [6.45, 7) is 8.01. The first-order valence-electron chi connectivity index (χ1n) is 8.30. The van der Waals surface area contributed by atoms with Crippen LogP contribution in [0.15, 0.2) is 34.9 Å². The summed E-state index contributed by atoms with van der Waals surface area (Å²) in [5, 5.41) is 6.47. The summed E-state index contributed by atoms with van der Waals surface area (Å²) in [6, 6.07) is 8.94. The highest BCUT2D eigenvalue weighted by Crippen LogP contribution is 2.18. The third-order valence-electron chi connectivity index (χ3n) is 4.15. The fourth-order valence-electron chi connectivity index (χ4n) is 2.82. The molecule has 1 aliphatic rings. The number of nitrogens with one attached hydrogen (secondary N) is 1. The van der Waals surface area contributed by atoms with Crippen LogP contribution >= 0.6 is 0 Å². The lowest BCUT2D eigenvalue weighted by atomic mass is 10.2. The molecule has 0 radical (unpaired) electrons. The first-order chi connectivity index (χ1) is 11.6. The molecule has 2 heterocycles. The van der Waals surface area contributed by atoms with Gasteiger partial charge >= 0.3 is 0 Å². The number of amides is 1. The van der Waals surface area contributed by atoms with Crippen LogP contribution in [0.2, 0.25) is 0 Å². The van der Waals surface area contributed by atoms with Gasteiger partial charge in [-0.3, -0.25) is 9.69 Å². The van der Waals surface area contributed by atoms with E-state index >= 15 is 0 Å². The summed E-state index contributed by atoms with van der Waals surface area (Å²) >= 11 is 0. The van der Waals surface area contributed by atoms with E-state index in [0.717, 1.165) is 31.3 Å². The van der Waals surface area contributed by atoms with Gasteiger partial charge in [-0.2, -0.15) is 0 Å². The van der Waals surface area contributed by atoms with Gasteiger partial charge in [0, 0.05) is 24.8 Å². The molecular formula is C18H23N3O3. The second kappa shape index (κ2) is 7.49. The zero-order valence-electron chi connectivity index (χ0n) is 14.1. The lowest BCUT2D eigenvalue weighted by Gasteiger charge is -2.15. The maximum Gasteiger partial charge on any atom is 0.294 e. The Labute approximate surface area is 141 Å². The number of ether oxygens (including phenoxy) is 1. The largest absolute Gasteiger partial charge is 0.492 e. The highest BCUT2D eigenvalue weighted by molar-refractivity contribution is 6.02. The number of aryl methyl sites for hydroxylation is 1. The Balaban J connectivity index is 1.45. The molecule has 3 rings (SSSR count). The molecule has 1 saturated heterocycles. The van der Waals surface area contributed by atoms with Crippen molar-refractivity contribution in [3.05, 3.63) is 41.8 Å². The highest BCUT2D eigenvalue weighted by atomic mass is 16.5. The smallest absolute Gasteiger partial charge is 0.294 e. The van der Waals surface area contributed by atoms with E-state index in [-0.39, 0.29) is 11.7 Å². The van der Waals surface area contributed by atoms with Gasteiger partial charge in [0.2, 0.25) is 5.76 Å². The fourth-order valence-corrected chi connectivity index (χ4v) is 2.82. The average Bonchev–Trinajstić information content (AvgIpc) is 3.18. The number of nitrogens with zero attached hydrogens (tertiary/aromatic N) is 2. The number of carbonyl (C=O) groups excluding carboxylic acids is 1. The van der Waals surface area contributed by atoms with Crippen LogP contribution in [0.3, 0.4) is 0 Å². The monoisotopic (exact) mass is 329 g/mol. The van der Waals surface area contributed by atoms with Crippen LogP contribution in [0.1, 0.15) is 29.6 Å². The summed E-state index contributed by atoms with van der Waals surface area (Å²) in [6.07, 6.45) is 1.28. The summed E-state index contributed by atoms with van der Waals surface area (Å²) in [5.41, 5.74) is 1.37. The zero-order valence-corrected chi connectivity index (χ0v) is 14.1. The zero-order chi connectivity index (χ0) is 16.9. The van der Waals surface area contributed by atoms with Crippen molar-refractivity contribution in [2.24, 2.45) is 5.92 Å². The van der Waals surface area contributed by atoms with Crippen LogP contribution in [0, 0.1) is 12.8 Å². The first kappa shape index (κ1) is 16.5. The number of carbonyl (C=O) groups is 1. The summed E-state index contributed by atoms with van der Waals surface area (Å²) in [7, 11) is 0. The Morgan fingerprint density at radius 2 is 2.21 bits per heavy atom. The van der Waals surface area contributed by atoms with Crippen LogP contribution in [0.4, 0.5) is 5.69 Å². The van der Waals surface area contributed by atoms with E-state index in [1.807, 2.05) is 24.3 Å². The van der Waals surface area contributed by atoms with Crippen LogP contribution < -0.4 is 10.1 Å². The van der Waals surface area contributed by atoms with E-state index in [9.17, 15) is 4.79 Å². The van der Waals surface area contributed by atoms with E-state index in [2.05, 4.69) is 22.3 Å². The Morgan fingerprint density at radius 3 is 2.83 bits per heavy atom. The molecule has 1 fully saturated rings. The van der Waals surface area contributed by atoms with Crippen LogP contribution in [0.5, 0.6) is 5.75 Å². The van der Waals surface area contributed by atoms with Crippen molar-refractivity contribution < 1.29 is 14.1 Å². The third-order valence-corrected chi connectivity index (χ3v) is 4.15. The number of anilines is 1. The Bertz CT molecular complexity index is 681. The number of aromatic nitrogens is 1. The number of likely N-dealkylation sites (tertiary alicyclic amines) is 1. The molecule has 24 heavy (non-hydrogen) atoms. The van der Waals surface area contributed by atoms with Crippen molar-refractivity contribution >= 4 is 11.6 Å². The van der Waals surface area contributed by atoms with E-state index in [1.165, 1.54) is 6.42 Å². The first-order valence-corrected chi connectivity index (χ1v) is 8.30. The van der Waals surface area contributed by atoms with Gasteiger partial charge in [0.05, 0.1) is 5.69 Å². The highest BCUT2D eigenvalue weighted by Gasteiger charge is 2.17. The standard InChI is InChI=1S/C18H23N3O3/c1-13-7-8-21(12-13)9-10-23-16-5-3-15(4-6-16)19-18(22)17-11-14(2)20-24-17/h3-6,11,13H,7-10,12H2,1-2H3,(H,19,22)/t13-/m0/s1. The number of rotatable bonds is 6. The van der Waals surface area contributed by atoms with Crippen LogP contribution in [-0.4, -0.2) is 42.2 Å². The SMILES string of the molecule is Cc1cc(C(=O)Nc2ccc(OCCN3CC[C@H](C)C3)cc2)on1. The van der Waals surface area contributed by atoms with Crippen LogP contribution in [-0.2, 0) is 0 Å². The lowest BCUT2D eigenvalue weighted by molar-refractivity contribution is 0.0988. The Kier molecular flexibility index (Phi) is 5.15. The van der Waals surface area contributed by atoms with Crippen molar-refractivity contribution in [1.29, 1.82) is 0 Å². The molecule has 0 bridgehead atoms. The number of hydrogen-bond donors (Lipinski definition) is 1. The summed E-state index contributed by atoms with van der Waals surface area (Å²) < 4.78 is 10.7. The quantitative estimate of drug-likeness (QED) is 0.882. The normalized spacial score (nSPS) is 17.8. The van der Waals surface area contributed by atoms with Gasteiger partial charge in [-0.15, -0.1) is 0 Å². The topological polar surface area (TPSA) is 67.6 Å². The predicted molar refractivity (Wildman–Crippen MR) is 91.4 cm³/mol. The van der Waals surface area contributed by atoms with Crippen molar-refractivity contribution in [2.75, 3.05) is 31.6 Å². The van der Waals surface area contributed by atoms with Gasteiger partial charge in [-0.25, -0.2) is 0 Å². The van der Waals surface area contributed by atoms with Crippen LogP contribution in [0.25, 0.3) is 0 Å². The molecule has 2 aromatic rings. The molecule has 6 heteroatoms. The van der Waals surface area contributed by atoms with Gasteiger partial charge in [0.25, 0.3) is 5.91 Å². The van der Waals surface area contributed by atoms with Gasteiger partial charge in [-0.1, -0.05) is 12.1 Å². The third kappa shape index (κ3) is 4.35. The van der Waals surface area contributed by atoms with Gasteiger partial charge in [-0.05, 0) is 50.1 Å². The minimum atomic E-state index is -0.313. The molecule has 6 nitrogen and oxygen atoms in total. The van der Waals surface area contributed by atoms with Crippen molar-refractivity contribution in [2.45, 2.75) is 20.3 Å². The summed E-state index contributed by atoms with van der Waals surface area (Å²) in [5.74, 6) is 1.48. The molecule has 0 aliphatic carbocycles. The molecule has 0 spiro atoms. The molecule has 0 unspecified atom stereocenters. The lowest BCUT2D eigenvalue weighted by Crippen LogP contribution is -2.25. The maximum absolute atomic E-state index is 12.0. The van der Waals surface area contributed by atoms with Gasteiger partial charge in [0.15, 0.2) is 0 Å². The molecule has 1 aromatic heterocycles. The molecule has 1 amide bonds. The second-order valence-electron chi connectivity index (χ2n) is 6.35. The van der Waals surface area contributed by atoms with E-state index < -0.39 is 0 Å². The van der Waals surface area contributed by atoms with Crippen molar-refractivity contribution in [1.82, 2.24) is 10.1 Å². The van der Waals surface area contributed by atoms with E-state index in [4.69, 9.17) is 9.26 Å². The van der Waals surface area contributed by atoms with E-state index in [0.29, 0.717) is 18.0 Å². The molecule has 1 aromatic carbocycles. The van der Waals surface area contributed by atoms with Gasteiger partial charge in [0.1, 0.15) is 12.4 Å². The molecule has 0 saturated carbocycles. The summed E-state index contributed by atoms with van der Waals surface area (Å²) in [4.78, 5) is 14.4. The predicted octanol–water partition coefficient (Wildman–Crippen LogP) is 2.96. The fraction of sp³-hybridized carbons (Fsp3) is 0.444. The molecule has 1 N–H and O–H groups in total. The second-order valence-corrected chi connectivity index (χ2v) is 6.35. The average molecular weight is 329 g/mol. The number of benzene rings is 1.